The van der Waals surface area contributed by atoms with Gasteiger partial charge in [0.05, 0.1) is 28.3 Å². The van der Waals surface area contributed by atoms with Gasteiger partial charge in [-0.3, -0.25) is 0 Å². The minimum atomic E-state index is -0.472. The Morgan fingerprint density at radius 1 is 1.33 bits per heavy atom. The normalized spacial score (nSPS) is 11.8. The van der Waals surface area contributed by atoms with Crippen LogP contribution in [0.25, 0.3) is 5.69 Å². The average molecular weight is 268 g/mol. The number of nitrogens with zero attached hydrogens (tertiary/aromatic N) is 2. The second-order valence-corrected chi connectivity index (χ2v) is 5.63. The Morgan fingerprint density at radius 2 is 2.00 bits per heavy atom. The van der Waals surface area contributed by atoms with Gasteiger partial charge in [-0.15, -0.1) is 0 Å². The fourth-order valence-electron chi connectivity index (χ4n) is 1.73. The highest BCUT2D eigenvalue weighted by atomic mass is 35.5. The summed E-state index contributed by atoms with van der Waals surface area (Å²) in [4.78, 5) is 0. The van der Waals surface area contributed by atoms with Gasteiger partial charge < -0.3 is 5.73 Å². The Kier molecular flexibility index (Phi) is 3.07. The van der Waals surface area contributed by atoms with Crippen LogP contribution in [0.15, 0.2) is 24.4 Å². The zero-order valence-electron chi connectivity index (χ0n) is 10.5. The zero-order chi connectivity index (χ0) is 13.5. The highest BCUT2D eigenvalue weighted by Gasteiger charge is 2.21. The minimum absolute atomic E-state index is 0.0925. The largest absolute Gasteiger partial charge is 0.396 e. The molecule has 0 fully saturated rings. The maximum absolute atomic E-state index is 13.4. The first-order valence-corrected chi connectivity index (χ1v) is 5.98. The molecular weight excluding hydrogens is 253 g/mol. The van der Waals surface area contributed by atoms with Crippen molar-refractivity contribution in [2.75, 3.05) is 5.73 Å². The molecule has 2 rings (SSSR count). The number of nitrogens with two attached hydrogens (primary N) is 1. The number of nitrogen functional groups attached to an aromatic ring is 1. The van der Waals surface area contributed by atoms with Crippen LogP contribution in [0.2, 0.25) is 5.02 Å². The van der Waals surface area contributed by atoms with E-state index in [-0.39, 0.29) is 10.4 Å². The van der Waals surface area contributed by atoms with Crippen molar-refractivity contribution in [3.8, 4) is 5.69 Å². The topological polar surface area (TPSA) is 43.8 Å². The molecule has 0 saturated carbocycles. The van der Waals surface area contributed by atoms with Gasteiger partial charge in [0.2, 0.25) is 0 Å². The zero-order valence-corrected chi connectivity index (χ0v) is 11.3. The van der Waals surface area contributed by atoms with E-state index >= 15 is 0 Å². The Labute approximate surface area is 110 Å². The van der Waals surface area contributed by atoms with Gasteiger partial charge in [0.25, 0.3) is 0 Å². The summed E-state index contributed by atoms with van der Waals surface area (Å²) in [6.07, 6.45) is 1.68. The van der Waals surface area contributed by atoms with E-state index in [0.717, 1.165) is 5.69 Å². The van der Waals surface area contributed by atoms with E-state index in [1.807, 2.05) is 20.8 Å². The van der Waals surface area contributed by atoms with Crippen molar-refractivity contribution in [1.29, 1.82) is 0 Å². The van der Waals surface area contributed by atoms with Gasteiger partial charge in [-0.1, -0.05) is 32.4 Å². The van der Waals surface area contributed by atoms with Crippen LogP contribution in [0.3, 0.4) is 0 Å². The molecule has 0 aliphatic heterocycles. The summed E-state index contributed by atoms with van der Waals surface area (Å²) in [5.41, 5.74) is 7.76. The molecule has 0 atom stereocenters. The van der Waals surface area contributed by atoms with Crippen molar-refractivity contribution >= 4 is 17.3 Å². The Morgan fingerprint density at radius 3 is 2.50 bits per heavy atom. The maximum Gasteiger partial charge on any atom is 0.143 e. The molecule has 3 nitrogen and oxygen atoms in total. The first kappa shape index (κ1) is 12.9. The lowest BCUT2D eigenvalue weighted by Gasteiger charge is -2.15. The van der Waals surface area contributed by atoms with Crippen LogP contribution in [0.4, 0.5) is 10.1 Å². The van der Waals surface area contributed by atoms with E-state index in [9.17, 15) is 4.39 Å². The lowest BCUT2D eigenvalue weighted by atomic mass is 9.92. The van der Waals surface area contributed by atoms with Gasteiger partial charge in [0.1, 0.15) is 5.82 Å². The number of halogens is 2. The molecular formula is C13H15ClFN3. The SMILES string of the molecule is CC(C)(C)c1nn(-c2ccc(Cl)c(F)c2)cc1N. The third kappa shape index (κ3) is 2.34. The second-order valence-electron chi connectivity index (χ2n) is 5.23. The van der Waals surface area contributed by atoms with Gasteiger partial charge >= 0.3 is 0 Å². The van der Waals surface area contributed by atoms with Crippen LogP contribution in [0.5, 0.6) is 0 Å². The van der Waals surface area contributed by atoms with Gasteiger partial charge in [0.15, 0.2) is 0 Å². The smallest absolute Gasteiger partial charge is 0.143 e. The first-order valence-electron chi connectivity index (χ1n) is 5.60. The summed E-state index contributed by atoms with van der Waals surface area (Å²) < 4.78 is 15.0. The summed E-state index contributed by atoms with van der Waals surface area (Å²) >= 11 is 5.65. The number of hydrogen-bond donors (Lipinski definition) is 1. The Balaban J connectivity index is 2.49. The van der Waals surface area contributed by atoms with Crippen molar-refractivity contribution in [3.63, 3.8) is 0 Å². The molecule has 0 radical (unpaired) electrons. The van der Waals surface area contributed by atoms with E-state index < -0.39 is 5.82 Å². The molecule has 0 bridgehead atoms. The first-order chi connectivity index (χ1) is 8.29. The van der Waals surface area contributed by atoms with E-state index in [1.54, 1.807) is 16.9 Å². The number of rotatable bonds is 1. The van der Waals surface area contributed by atoms with Crippen LogP contribution in [-0.2, 0) is 5.41 Å². The van der Waals surface area contributed by atoms with Crippen molar-refractivity contribution in [2.24, 2.45) is 0 Å². The quantitative estimate of drug-likeness (QED) is 0.859. The minimum Gasteiger partial charge on any atom is -0.396 e. The number of benzene rings is 1. The van der Waals surface area contributed by atoms with Crippen molar-refractivity contribution in [3.05, 3.63) is 40.9 Å². The maximum atomic E-state index is 13.4. The number of hydrogen-bond acceptors (Lipinski definition) is 2. The number of aromatic nitrogens is 2. The molecule has 1 aromatic heterocycles. The molecule has 1 aromatic carbocycles. The predicted octanol–water partition coefficient (Wildman–Crippen LogP) is 3.54. The fourth-order valence-corrected chi connectivity index (χ4v) is 1.85. The molecule has 0 spiro atoms. The third-order valence-electron chi connectivity index (χ3n) is 2.62. The standard InChI is InChI=1S/C13H15ClFN3/c1-13(2,3)12-11(16)7-18(17-12)8-4-5-9(14)10(15)6-8/h4-7H,16H2,1-3H3. The molecule has 2 N–H and O–H groups in total. The molecule has 5 heteroatoms. The van der Waals surface area contributed by atoms with Crippen molar-refractivity contribution < 1.29 is 4.39 Å². The summed E-state index contributed by atoms with van der Waals surface area (Å²) in [6, 6.07) is 4.53. The van der Waals surface area contributed by atoms with Gasteiger partial charge in [-0.05, 0) is 12.1 Å². The third-order valence-corrected chi connectivity index (χ3v) is 2.93. The van der Waals surface area contributed by atoms with Crippen molar-refractivity contribution in [2.45, 2.75) is 26.2 Å². The highest BCUT2D eigenvalue weighted by Crippen LogP contribution is 2.27. The van der Waals surface area contributed by atoms with Crippen LogP contribution in [0, 0.1) is 5.82 Å². The monoisotopic (exact) mass is 267 g/mol. The summed E-state index contributed by atoms with van der Waals surface area (Å²) in [7, 11) is 0. The summed E-state index contributed by atoms with van der Waals surface area (Å²) in [6.45, 7) is 6.08. The number of anilines is 1. The lowest BCUT2D eigenvalue weighted by Crippen LogP contribution is -2.14. The molecule has 2 aromatic rings. The highest BCUT2D eigenvalue weighted by molar-refractivity contribution is 6.30. The molecule has 0 amide bonds. The molecule has 0 aliphatic rings. The molecule has 0 saturated heterocycles. The molecule has 18 heavy (non-hydrogen) atoms. The Bertz CT molecular complexity index is 584. The van der Waals surface area contributed by atoms with Gasteiger partial charge in [-0.25, -0.2) is 9.07 Å². The van der Waals surface area contributed by atoms with Crippen LogP contribution < -0.4 is 5.73 Å². The molecule has 0 unspecified atom stereocenters. The molecule has 1 heterocycles. The van der Waals surface area contributed by atoms with Gasteiger partial charge in [-0.2, -0.15) is 5.10 Å². The van der Waals surface area contributed by atoms with Crippen LogP contribution >= 0.6 is 11.6 Å². The fraction of sp³-hybridized carbons (Fsp3) is 0.308. The van der Waals surface area contributed by atoms with Crippen molar-refractivity contribution in [1.82, 2.24) is 9.78 Å². The Hall–Kier alpha value is -1.55. The van der Waals surface area contributed by atoms with Crippen LogP contribution in [-0.4, -0.2) is 9.78 Å². The molecule has 0 aliphatic carbocycles. The average Bonchev–Trinajstić information content (AvgIpc) is 2.64. The van der Waals surface area contributed by atoms with E-state index in [4.69, 9.17) is 17.3 Å². The lowest BCUT2D eigenvalue weighted by molar-refractivity contribution is 0.561. The second kappa shape index (κ2) is 4.28. The predicted molar refractivity (Wildman–Crippen MR) is 71.6 cm³/mol. The van der Waals surface area contributed by atoms with Crippen LogP contribution in [0.1, 0.15) is 26.5 Å². The van der Waals surface area contributed by atoms with E-state index in [1.165, 1.54) is 12.1 Å². The van der Waals surface area contributed by atoms with E-state index in [0.29, 0.717) is 11.4 Å². The van der Waals surface area contributed by atoms with Gasteiger partial charge in [0, 0.05) is 11.5 Å². The van der Waals surface area contributed by atoms with E-state index in [2.05, 4.69) is 5.10 Å². The summed E-state index contributed by atoms with van der Waals surface area (Å²) in [5, 5.41) is 4.50. The molecule has 96 valence electrons. The summed E-state index contributed by atoms with van der Waals surface area (Å²) in [5.74, 6) is -0.472.